The van der Waals surface area contributed by atoms with Crippen molar-refractivity contribution in [2.24, 2.45) is 0 Å². The van der Waals surface area contributed by atoms with Crippen LogP contribution in [0.5, 0.6) is 5.75 Å². The maximum atomic E-state index is 11.7. The zero-order chi connectivity index (χ0) is 15.1. The van der Waals surface area contributed by atoms with Gasteiger partial charge in [0.15, 0.2) is 0 Å². The lowest BCUT2D eigenvalue weighted by Crippen LogP contribution is -2.34. The third-order valence-corrected chi connectivity index (χ3v) is 2.85. The first kappa shape index (κ1) is 14.6. The highest BCUT2D eigenvalue weighted by Crippen LogP contribution is 2.11. The summed E-state index contributed by atoms with van der Waals surface area (Å²) in [6.07, 6.45) is 0. The number of rotatable bonds is 4. The summed E-state index contributed by atoms with van der Waals surface area (Å²) in [6, 6.07) is 16.1. The molecule has 21 heavy (non-hydrogen) atoms. The lowest BCUT2D eigenvalue weighted by molar-refractivity contribution is -0.136. The van der Waals surface area contributed by atoms with E-state index in [1.54, 1.807) is 43.5 Å². The molecule has 0 aromatic heterocycles. The first-order valence-electron chi connectivity index (χ1n) is 6.46. The number of carbonyl (C=O) groups is 2. The predicted molar refractivity (Wildman–Crippen MR) is 79.9 cm³/mol. The standard InChI is InChI=1S/C16H16N2O3/c1-21-14-9-7-12(8-10-14)11-17-15(19)16(20)18-13-5-3-2-4-6-13/h2-10H,11H2,1H3,(H,17,19)(H,18,20). The van der Waals surface area contributed by atoms with E-state index in [1.165, 1.54) is 0 Å². The van der Waals surface area contributed by atoms with Crippen molar-refractivity contribution in [1.82, 2.24) is 5.32 Å². The number of methoxy groups -OCH3 is 1. The van der Waals surface area contributed by atoms with Crippen molar-refractivity contribution in [2.75, 3.05) is 12.4 Å². The lowest BCUT2D eigenvalue weighted by atomic mass is 10.2. The van der Waals surface area contributed by atoms with Gasteiger partial charge in [0.1, 0.15) is 5.75 Å². The monoisotopic (exact) mass is 284 g/mol. The fraction of sp³-hybridized carbons (Fsp3) is 0.125. The molecule has 0 bridgehead atoms. The van der Waals surface area contributed by atoms with Crippen LogP contribution in [0.2, 0.25) is 0 Å². The molecule has 2 aromatic carbocycles. The van der Waals surface area contributed by atoms with E-state index in [1.807, 2.05) is 18.2 Å². The van der Waals surface area contributed by atoms with Crippen LogP contribution < -0.4 is 15.4 Å². The number of hydrogen-bond donors (Lipinski definition) is 2. The molecule has 0 saturated carbocycles. The molecule has 0 spiro atoms. The van der Waals surface area contributed by atoms with Gasteiger partial charge in [0.05, 0.1) is 7.11 Å². The van der Waals surface area contributed by atoms with Gasteiger partial charge in [0.2, 0.25) is 0 Å². The maximum Gasteiger partial charge on any atom is 0.313 e. The van der Waals surface area contributed by atoms with E-state index in [0.29, 0.717) is 5.69 Å². The Balaban J connectivity index is 1.84. The van der Waals surface area contributed by atoms with Crippen molar-refractivity contribution >= 4 is 17.5 Å². The molecule has 0 radical (unpaired) electrons. The average Bonchev–Trinajstić information content (AvgIpc) is 2.54. The van der Waals surface area contributed by atoms with Gasteiger partial charge in [-0.05, 0) is 29.8 Å². The summed E-state index contributed by atoms with van der Waals surface area (Å²) in [6.45, 7) is 0.283. The third-order valence-electron chi connectivity index (χ3n) is 2.85. The summed E-state index contributed by atoms with van der Waals surface area (Å²) in [5.41, 5.74) is 1.47. The van der Waals surface area contributed by atoms with Crippen LogP contribution in [0, 0.1) is 0 Å². The van der Waals surface area contributed by atoms with Gasteiger partial charge >= 0.3 is 11.8 Å². The van der Waals surface area contributed by atoms with E-state index in [2.05, 4.69) is 10.6 Å². The second-order valence-corrected chi connectivity index (χ2v) is 4.35. The first-order chi connectivity index (χ1) is 10.2. The molecule has 0 aliphatic rings. The Morgan fingerprint density at radius 2 is 1.62 bits per heavy atom. The van der Waals surface area contributed by atoms with Crippen molar-refractivity contribution < 1.29 is 14.3 Å². The van der Waals surface area contributed by atoms with Crippen LogP contribution in [-0.2, 0) is 16.1 Å². The minimum Gasteiger partial charge on any atom is -0.497 e. The number of ether oxygens (including phenoxy) is 1. The molecule has 5 heteroatoms. The van der Waals surface area contributed by atoms with Gasteiger partial charge in [-0.1, -0.05) is 30.3 Å². The van der Waals surface area contributed by atoms with Crippen LogP contribution in [0.3, 0.4) is 0 Å². The van der Waals surface area contributed by atoms with Crippen molar-refractivity contribution in [3.63, 3.8) is 0 Å². The number of hydrogen-bond acceptors (Lipinski definition) is 3. The fourth-order valence-electron chi connectivity index (χ4n) is 1.72. The van der Waals surface area contributed by atoms with Gasteiger partial charge < -0.3 is 15.4 Å². The second-order valence-electron chi connectivity index (χ2n) is 4.35. The zero-order valence-corrected chi connectivity index (χ0v) is 11.6. The van der Waals surface area contributed by atoms with Crippen LogP contribution >= 0.6 is 0 Å². The largest absolute Gasteiger partial charge is 0.497 e. The topological polar surface area (TPSA) is 67.4 Å². The lowest BCUT2D eigenvalue weighted by Gasteiger charge is -2.07. The number of benzene rings is 2. The highest BCUT2D eigenvalue weighted by atomic mass is 16.5. The van der Waals surface area contributed by atoms with E-state index in [0.717, 1.165) is 11.3 Å². The predicted octanol–water partition coefficient (Wildman–Crippen LogP) is 1.95. The first-order valence-corrected chi connectivity index (χ1v) is 6.46. The van der Waals surface area contributed by atoms with Crippen molar-refractivity contribution in [2.45, 2.75) is 6.54 Å². The van der Waals surface area contributed by atoms with Gasteiger partial charge in [0, 0.05) is 12.2 Å². The molecular weight excluding hydrogens is 268 g/mol. The van der Waals surface area contributed by atoms with E-state index in [9.17, 15) is 9.59 Å². The minimum atomic E-state index is -0.685. The molecule has 2 rings (SSSR count). The third kappa shape index (κ3) is 4.35. The molecule has 108 valence electrons. The Morgan fingerprint density at radius 1 is 0.952 bits per heavy atom. The van der Waals surface area contributed by atoms with E-state index in [4.69, 9.17) is 4.74 Å². The number of carbonyl (C=O) groups excluding carboxylic acids is 2. The van der Waals surface area contributed by atoms with Crippen LogP contribution in [0.4, 0.5) is 5.69 Å². The molecule has 0 fully saturated rings. The highest BCUT2D eigenvalue weighted by Gasteiger charge is 2.12. The molecule has 0 aliphatic heterocycles. The smallest absolute Gasteiger partial charge is 0.313 e. The Hall–Kier alpha value is -2.82. The molecule has 0 saturated heterocycles. The number of amides is 2. The van der Waals surface area contributed by atoms with Crippen LogP contribution in [-0.4, -0.2) is 18.9 Å². The van der Waals surface area contributed by atoms with Crippen LogP contribution in [0.15, 0.2) is 54.6 Å². The Morgan fingerprint density at radius 3 is 2.24 bits per heavy atom. The van der Waals surface area contributed by atoms with Crippen molar-refractivity contribution in [3.05, 3.63) is 60.2 Å². The zero-order valence-electron chi connectivity index (χ0n) is 11.6. The number of para-hydroxylation sites is 1. The molecule has 0 aliphatic carbocycles. The van der Waals surface area contributed by atoms with Crippen molar-refractivity contribution in [1.29, 1.82) is 0 Å². The van der Waals surface area contributed by atoms with Gasteiger partial charge in [-0.2, -0.15) is 0 Å². The Kier molecular flexibility index (Phi) is 4.93. The second kappa shape index (κ2) is 7.09. The number of nitrogens with one attached hydrogen (secondary N) is 2. The summed E-state index contributed by atoms with van der Waals surface area (Å²) >= 11 is 0. The summed E-state index contributed by atoms with van der Waals surface area (Å²) in [4.78, 5) is 23.4. The SMILES string of the molecule is COc1ccc(CNC(=O)C(=O)Nc2ccccc2)cc1. The van der Waals surface area contributed by atoms with E-state index < -0.39 is 11.8 Å². The quantitative estimate of drug-likeness (QED) is 0.843. The summed E-state index contributed by atoms with van der Waals surface area (Å²) in [5.74, 6) is -0.615. The molecule has 0 atom stereocenters. The Labute approximate surface area is 122 Å². The molecule has 5 nitrogen and oxygen atoms in total. The molecular formula is C16H16N2O3. The average molecular weight is 284 g/mol. The molecule has 2 N–H and O–H groups in total. The fourth-order valence-corrected chi connectivity index (χ4v) is 1.72. The van der Waals surface area contributed by atoms with Gasteiger partial charge in [0.25, 0.3) is 0 Å². The van der Waals surface area contributed by atoms with Gasteiger partial charge in [-0.3, -0.25) is 9.59 Å². The molecule has 2 aromatic rings. The van der Waals surface area contributed by atoms with E-state index in [-0.39, 0.29) is 6.54 Å². The van der Waals surface area contributed by atoms with Crippen LogP contribution in [0.1, 0.15) is 5.56 Å². The van der Waals surface area contributed by atoms with E-state index >= 15 is 0 Å². The summed E-state index contributed by atoms with van der Waals surface area (Å²) in [5, 5.41) is 5.09. The normalized spacial score (nSPS) is 9.76. The van der Waals surface area contributed by atoms with Crippen LogP contribution in [0.25, 0.3) is 0 Å². The summed E-state index contributed by atoms with van der Waals surface area (Å²) in [7, 11) is 1.59. The highest BCUT2D eigenvalue weighted by molar-refractivity contribution is 6.39. The molecule has 2 amide bonds. The van der Waals surface area contributed by atoms with Crippen molar-refractivity contribution in [3.8, 4) is 5.75 Å². The van der Waals surface area contributed by atoms with Gasteiger partial charge in [-0.25, -0.2) is 0 Å². The minimum absolute atomic E-state index is 0.283. The molecule has 0 heterocycles. The number of anilines is 1. The summed E-state index contributed by atoms with van der Waals surface area (Å²) < 4.78 is 5.05. The Bertz CT molecular complexity index is 609. The molecule has 0 unspecified atom stereocenters. The maximum absolute atomic E-state index is 11.7. The van der Waals surface area contributed by atoms with Gasteiger partial charge in [-0.15, -0.1) is 0 Å².